The number of carbonyl (C=O) groups is 2. The van der Waals surface area contributed by atoms with E-state index in [1.54, 1.807) is 36.4 Å². The van der Waals surface area contributed by atoms with Gasteiger partial charge in [-0.15, -0.1) is 0 Å². The largest absolute Gasteiger partial charge is 0.478 e. The van der Waals surface area contributed by atoms with Crippen LogP contribution in [0.2, 0.25) is 0 Å². The highest BCUT2D eigenvalue weighted by molar-refractivity contribution is 9.08. The van der Waals surface area contributed by atoms with Crippen LogP contribution in [-0.2, 0) is 0 Å². The van der Waals surface area contributed by atoms with Crippen molar-refractivity contribution in [1.82, 2.24) is 4.34 Å². The van der Waals surface area contributed by atoms with Crippen molar-refractivity contribution in [3.05, 3.63) is 60.2 Å². The molecule has 0 heterocycles. The number of urea groups is 1. The monoisotopic (exact) mass is 334 g/mol. The minimum atomic E-state index is -1.04. The Labute approximate surface area is 124 Å². The molecule has 0 saturated carbocycles. The molecular formula is C14H11BrN2O3. The summed E-state index contributed by atoms with van der Waals surface area (Å²) in [5, 5.41) is 9.03. The number of carbonyl (C=O) groups excluding carboxylic acids is 1. The molecule has 0 atom stereocenters. The Morgan fingerprint density at radius 1 is 1.00 bits per heavy atom. The average molecular weight is 335 g/mol. The number of benzene rings is 2. The summed E-state index contributed by atoms with van der Waals surface area (Å²) in [4.78, 5) is 24.4. The molecule has 0 fully saturated rings. The summed E-state index contributed by atoms with van der Waals surface area (Å²) in [5.74, 6) is -1.04. The Kier molecular flexibility index (Phi) is 4.37. The molecule has 0 aliphatic rings. The molecule has 5 nitrogen and oxygen atoms in total. The van der Waals surface area contributed by atoms with E-state index in [2.05, 4.69) is 20.5 Å². The maximum atomic E-state index is 12.0. The van der Waals surface area contributed by atoms with Crippen LogP contribution in [-0.4, -0.2) is 17.1 Å². The van der Waals surface area contributed by atoms with E-state index >= 15 is 0 Å². The summed E-state index contributed by atoms with van der Waals surface area (Å²) in [7, 11) is 0. The highest BCUT2D eigenvalue weighted by Crippen LogP contribution is 2.26. The van der Waals surface area contributed by atoms with Crippen LogP contribution in [0.15, 0.2) is 54.6 Å². The number of carboxylic acids is 1. The van der Waals surface area contributed by atoms with Crippen molar-refractivity contribution in [2.45, 2.75) is 0 Å². The van der Waals surface area contributed by atoms with E-state index in [9.17, 15) is 9.59 Å². The number of hydrogen-bond donors (Lipinski definition) is 2. The van der Waals surface area contributed by atoms with Gasteiger partial charge in [-0.1, -0.05) is 24.3 Å². The Bertz CT molecular complexity index is 631. The molecule has 0 aliphatic heterocycles. The van der Waals surface area contributed by atoms with Crippen molar-refractivity contribution in [2.75, 3.05) is 4.90 Å². The smallest absolute Gasteiger partial charge is 0.336 e. The van der Waals surface area contributed by atoms with Crippen molar-refractivity contribution in [3.8, 4) is 0 Å². The zero-order chi connectivity index (χ0) is 14.5. The van der Waals surface area contributed by atoms with Gasteiger partial charge in [-0.25, -0.2) is 9.59 Å². The van der Waals surface area contributed by atoms with Crippen molar-refractivity contribution in [3.63, 3.8) is 0 Å². The molecule has 0 aromatic heterocycles. The summed E-state index contributed by atoms with van der Waals surface area (Å²) in [5.41, 5.74) is 1.21. The normalized spacial score (nSPS) is 9.85. The molecule has 6 heteroatoms. The van der Waals surface area contributed by atoms with Crippen LogP contribution < -0.4 is 9.24 Å². The van der Waals surface area contributed by atoms with Gasteiger partial charge in [0.05, 0.1) is 33.1 Å². The molecule has 2 amide bonds. The first-order valence-corrected chi connectivity index (χ1v) is 6.52. The summed E-state index contributed by atoms with van der Waals surface area (Å²) in [6.45, 7) is 0. The highest BCUT2D eigenvalue weighted by atomic mass is 79.9. The van der Waals surface area contributed by atoms with Crippen LogP contribution >= 0.6 is 16.1 Å². The van der Waals surface area contributed by atoms with Gasteiger partial charge in [-0.05, 0) is 30.3 Å². The first kappa shape index (κ1) is 14.1. The molecule has 2 aromatic rings. The first-order chi connectivity index (χ1) is 9.63. The van der Waals surface area contributed by atoms with Gasteiger partial charge in [0.2, 0.25) is 0 Å². The number of carboxylic acid groups (broad SMARTS) is 1. The van der Waals surface area contributed by atoms with E-state index in [-0.39, 0.29) is 5.56 Å². The van der Waals surface area contributed by atoms with E-state index in [0.717, 1.165) is 0 Å². The van der Waals surface area contributed by atoms with Gasteiger partial charge >= 0.3 is 12.0 Å². The average Bonchev–Trinajstić information content (AvgIpc) is 2.48. The maximum Gasteiger partial charge on any atom is 0.336 e. The fourth-order valence-corrected chi connectivity index (χ4v) is 1.96. The van der Waals surface area contributed by atoms with Gasteiger partial charge in [0.25, 0.3) is 0 Å². The molecule has 2 rings (SSSR count). The van der Waals surface area contributed by atoms with E-state index in [1.165, 1.54) is 17.0 Å². The van der Waals surface area contributed by atoms with Crippen molar-refractivity contribution in [2.24, 2.45) is 0 Å². The molecule has 0 unspecified atom stereocenters. The standard InChI is InChI=1S/C14H11BrN2O3/c15-16-14(20)17(11-6-2-1-3-7-11)12-8-4-5-10(9-12)13(18)19/h1-9H,(H,16,20)(H,18,19). The van der Waals surface area contributed by atoms with Crippen LogP contribution in [0.4, 0.5) is 16.2 Å². The van der Waals surface area contributed by atoms with Gasteiger partial charge in [0.15, 0.2) is 0 Å². The van der Waals surface area contributed by atoms with E-state index < -0.39 is 12.0 Å². The van der Waals surface area contributed by atoms with Gasteiger partial charge in [-0.2, -0.15) is 0 Å². The molecule has 102 valence electrons. The lowest BCUT2D eigenvalue weighted by molar-refractivity contribution is 0.0697. The second-order valence-corrected chi connectivity index (χ2v) is 4.32. The molecule has 0 spiro atoms. The van der Waals surface area contributed by atoms with Gasteiger partial charge in [-0.3, -0.25) is 9.24 Å². The molecule has 2 aromatic carbocycles. The Balaban J connectivity index is 2.50. The third-order valence-corrected chi connectivity index (χ3v) is 2.99. The summed E-state index contributed by atoms with van der Waals surface area (Å²) in [6, 6.07) is 14.7. The summed E-state index contributed by atoms with van der Waals surface area (Å²) < 4.78 is 2.36. The zero-order valence-corrected chi connectivity index (χ0v) is 11.9. The Morgan fingerprint density at radius 2 is 1.65 bits per heavy atom. The number of nitrogens with zero attached hydrogens (tertiary/aromatic N) is 1. The van der Waals surface area contributed by atoms with E-state index in [1.807, 2.05) is 6.07 Å². The van der Waals surface area contributed by atoms with Crippen LogP contribution in [0, 0.1) is 0 Å². The number of para-hydroxylation sites is 1. The number of hydrogen-bond acceptors (Lipinski definition) is 2. The number of nitrogens with one attached hydrogen (secondary N) is 1. The van der Waals surface area contributed by atoms with Crippen molar-refractivity contribution >= 4 is 39.5 Å². The van der Waals surface area contributed by atoms with Crippen LogP contribution in [0.5, 0.6) is 0 Å². The quantitative estimate of drug-likeness (QED) is 0.843. The third kappa shape index (κ3) is 2.97. The topological polar surface area (TPSA) is 69.6 Å². The number of rotatable bonds is 3. The molecular weight excluding hydrogens is 324 g/mol. The maximum absolute atomic E-state index is 12.0. The molecule has 0 radical (unpaired) electrons. The lowest BCUT2D eigenvalue weighted by Gasteiger charge is -2.22. The number of halogens is 1. The van der Waals surface area contributed by atoms with Crippen LogP contribution in [0.1, 0.15) is 10.4 Å². The van der Waals surface area contributed by atoms with Gasteiger partial charge in [0.1, 0.15) is 0 Å². The second-order valence-electron chi connectivity index (χ2n) is 3.93. The summed E-state index contributed by atoms with van der Waals surface area (Å²) in [6.07, 6.45) is 0. The highest BCUT2D eigenvalue weighted by Gasteiger charge is 2.18. The second kappa shape index (κ2) is 6.21. The predicted molar refractivity (Wildman–Crippen MR) is 79.4 cm³/mol. The van der Waals surface area contributed by atoms with Crippen LogP contribution in [0.3, 0.4) is 0 Å². The minimum absolute atomic E-state index is 0.116. The predicted octanol–water partition coefficient (Wildman–Crippen LogP) is 3.54. The minimum Gasteiger partial charge on any atom is -0.478 e. The fourth-order valence-electron chi connectivity index (χ4n) is 1.78. The van der Waals surface area contributed by atoms with Gasteiger partial charge in [0, 0.05) is 0 Å². The van der Waals surface area contributed by atoms with Gasteiger partial charge < -0.3 is 5.11 Å². The molecule has 0 bridgehead atoms. The number of anilines is 2. The molecule has 20 heavy (non-hydrogen) atoms. The van der Waals surface area contributed by atoms with E-state index in [4.69, 9.17) is 5.11 Å². The Hall–Kier alpha value is -2.34. The Morgan fingerprint density at radius 3 is 2.25 bits per heavy atom. The zero-order valence-electron chi connectivity index (χ0n) is 10.3. The van der Waals surface area contributed by atoms with Crippen molar-refractivity contribution < 1.29 is 14.7 Å². The first-order valence-electron chi connectivity index (χ1n) is 5.72. The number of aromatic carboxylic acids is 1. The lowest BCUT2D eigenvalue weighted by atomic mass is 10.1. The SMILES string of the molecule is O=C(O)c1cccc(N(C(=O)NBr)c2ccccc2)c1. The summed E-state index contributed by atoms with van der Waals surface area (Å²) >= 11 is 2.90. The lowest BCUT2D eigenvalue weighted by Crippen LogP contribution is -2.31. The molecule has 2 N–H and O–H groups in total. The number of amides is 2. The van der Waals surface area contributed by atoms with Crippen LogP contribution in [0.25, 0.3) is 0 Å². The van der Waals surface area contributed by atoms with E-state index in [0.29, 0.717) is 11.4 Å². The fraction of sp³-hybridized carbons (Fsp3) is 0. The molecule has 0 aliphatic carbocycles. The van der Waals surface area contributed by atoms with Crippen molar-refractivity contribution in [1.29, 1.82) is 0 Å². The molecule has 0 saturated heterocycles. The third-order valence-electron chi connectivity index (χ3n) is 2.65.